The molecular formula is C59H37N. The number of fused-ring (bicyclic) bond motifs is 14. The fourth-order valence-electron chi connectivity index (χ4n) is 11.0. The maximum absolute atomic E-state index is 2.56. The molecule has 1 heteroatoms. The number of benzene rings is 10. The molecule has 0 aromatic heterocycles. The minimum Gasteiger partial charge on any atom is -0.310 e. The van der Waals surface area contributed by atoms with E-state index < -0.39 is 5.41 Å². The molecule has 278 valence electrons. The van der Waals surface area contributed by atoms with E-state index in [9.17, 15) is 0 Å². The van der Waals surface area contributed by atoms with Crippen LogP contribution in [-0.2, 0) is 5.41 Å². The third-order valence-corrected chi connectivity index (χ3v) is 13.4. The predicted octanol–water partition coefficient (Wildman–Crippen LogP) is 15.6. The third kappa shape index (κ3) is 4.47. The van der Waals surface area contributed by atoms with Gasteiger partial charge < -0.3 is 4.90 Å². The average molecular weight is 760 g/mol. The molecule has 10 aromatic carbocycles. The van der Waals surface area contributed by atoms with Gasteiger partial charge in [-0.05, 0) is 131 Å². The van der Waals surface area contributed by atoms with Crippen molar-refractivity contribution in [3.05, 3.63) is 247 Å². The van der Waals surface area contributed by atoms with E-state index >= 15 is 0 Å². The highest BCUT2D eigenvalue weighted by atomic mass is 15.1. The van der Waals surface area contributed by atoms with Crippen LogP contribution in [0.2, 0.25) is 0 Å². The van der Waals surface area contributed by atoms with Gasteiger partial charge in [0, 0.05) is 16.9 Å². The van der Waals surface area contributed by atoms with Crippen molar-refractivity contribution in [3.8, 4) is 66.8 Å². The molecule has 1 atom stereocenters. The second-order valence-electron chi connectivity index (χ2n) is 16.3. The quantitative estimate of drug-likeness (QED) is 0.169. The van der Waals surface area contributed by atoms with Gasteiger partial charge in [-0.25, -0.2) is 0 Å². The Morgan fingerprint density at radius 3 is 1.57 bits per heavy atom. The maximum atomic E-state index is 2.56. The van der Waals surface area contributed by atoms with Crippen LogP contribution < -0.4 is 4.90 Å². The van der Waals surface area contributed by atoms with Crippen LogP contribution in [0.3, 0.4) is 0 Å². The molecule has 0 saturated heterocycles. The first-order valence-corrected chi connectivity index (χ1v) is 20.9. The number of para-hydroxylation sites is 1. The van der Waals surface area contributed by atoms with Gasteiger partial charge in [-0.2, -0.15) is 0 Å². The van der Waals surface area contributed by atoms with E-state index in [0.717, 1.165) is 17.1 Å². The summed E-state index contributed by atoms with van der Waals surface area (Å²) in [5.74, 6) is 0. The van der Waals surface area contributed by atoms with Crippen LogP contribution in [0.25, 0.3) is 77.5 Å². The monoisotopic (exact) mass is 759 g/mol. The molecule has 0 fully saturated rings. The van der Waals surface area contributed by atoms with E-state index in [2.05, 4.69) is 229 Å². The van der Waals surface area contributed by atoms with E-state index in [-0.39, 0.29) is 0 Å². The molecule has 0 radical (unpaired) electrons. The minimum absolute atomic E-state index is 0.473. The Kier molecular flexibility index (Phi) is 7.00. The van der Waals surface area contributed by atoms with Crippen LogP contribution in [-0.4, -0.2) is 0 Å². The zero-order valence-corrected chi connectivity index (χ0v) is 32.8. The van der Waals surface area contributed by atoms with Crippen molar-refractivity contribution in [2.75, 3.05) is 4.90 Å². The Morgan fingerprint density at radius 2 is 0.817 bits per heavy atom. The van der Waals surface area contributed by atoms with Gasteiger partial charge in [0.05, 0.1) is 11.1 Å². The fraction of sp³-hybridized carbons (Fsp3) is 0.0169. The molecule has 1 nitrogen and oxygen atoms in total. The van der Waals surface area contributed by atoms with Crippen LogP contribution in [0, 0.1) is 0 Å². The Bertz CT molecular complexity index is 3360. The Labute approximate surface area is 350 Å². The lowest BCUT2D eigenvalue weighted by Crippen LogP contribution is -2.26. The fourth-order valence-corrected chi connectivity index (χ4v) is 11.0. The molecular weight excluding hydrogens is 723 g/mol. The van der Waals surface area contributed by atoms with Crippen molar-refractivity contribution in [1.29, 1.82) is 0 Å². The maximum Gasteiger partial charge on any atom is 0.0726 e. The van der Waals surface area contributed by atoms with Gasteiger partial charge in [0.2, 0.25) is 0 Å². The number of nitrogens with zero attached hydrogens (tertiary/aromatic N) is 1. The Balaban J connectivity index is 1.07. The largest absolute Gasteiger partial charge is 0.310 e. The van der Waals surface area contributed by atoms with Gasteiger partial charge in [0.1, 0.15) is 0 Å². The molecule has 0 N–H and O–H groups in total. The van der Waals surface area contributed by atoms with Gasteiger partial charge in [-0.1, -0.05) is 188 Å². The summed E-state index contributed by atoms with van der Waals surface area (Å²) in [7, 11) is 0. The van der Waals surface area contributed by atoms with E-state index in [0.29, 0.717) is 0 Å². The Hall–Kier alpha value is -7.74. The van der Waals surface area contributed by atoms with Crippen LogP contribution in [0.15, 0.2) is 224 Å². The molecule has 1 spiro atoms. The minimum atomic E-state index is -0.473. The second-order valence-corrected chi connectivity index (χ2v) is 16.3. The summed E-state index contributed by atoms with van der Waals surface area (Å²) >= 11 is 0. The highest BCUT2D eigenvalue weighted by Crippen LogP contribution is 2.66. The van der Waals surface area contributed by atoms with E-state index in [1.165, 1.54) is 99.8 Å². The summed E-state index contributed by atoms with van der Waals surface area (Å²) in [6, 6.07) is 83.4. The van der Waals surface area contributed by atoms with Crippen molar-refractivity contribution in [3.63, 3.8) is 0 Å². The number of rotatable bonds is 5. The highest BCUT2D eigenvalue weighted by Gasteiger charge is 2.52. The van der Waals surface area contributed by atoms with Crippen molar-refractivity contribution in [1.82, 2.24) is 0 Å². The second kappa shape index (κ2) is 12.6. The van der Waals surface area contributed by atoms with Gasteiger partial charge in [0.15, 0.2) is 0 Å². The van der Waals surface area contributed by atoms with Crippen LogP contribution in [0.4, 0.5) is 17.1 Å². The first-order valence-electron chi connectivity index (χ1n) is 20.9. The average Bonchev–Trinajstić information content (AvgIpc) is 3.92. The molecule has 0 aliphatic heterocycles. The molecule has 13 rings (SSSR count). The SMILES string of the molecule is c1ccc(-c2ccc(N(c3ccc4c(c3)-c3ccccc3C43c4ccccc4-c4c3cc3c5c(cccc45)-c4ccccc4-3)c3ccccc3-c3ccccc3)cc2)cc1. The molecule has 0 saturated carbocycles. The topological polar surface area (TPSA) is 3.24 Å². The van der Waals surface area contributed by atoms with Crippen LogP contribution >= 0.6 is 0 Å². The molecule has 3 aliphatic rings. The molecule has 10 aromatic rings. The standard InChI is InChI=1S/C59H37N/c1-3-16-38(17-4-1)39-30-32-41(33-31-39)60(56-29-14-11-20-43(56)40-18-5-2-6-19-40)42-34-35-54-50(36-42)46-23-9-12-27-52(46)59(54)53-28-13-10-24-48(53)58-49-26-15-25-47-44-21-7-8-22-45(44)51(57(47)49)37-55(58)59/h1-37H. The van der Waals surface area contributed by atoms with Crippen molar-refractivity contribution < 1.29 is 0 Å². The van der Waals surface area contributed by atoms with Gasteiger partial charge in [0.25, 0.3) is 0 Å². The summed E-state index contributed by atoms with van der Waals surface area (Å²) in [6.07, 6.45) is 0. The van der Waals surface area contributed by atoms with E-state index in [4.69, 9.17) is 0 Å². The molecule has 1 unspecified atom stereocenters. The zero-order valence-electron chi connectivity index (χ0n) is 32.8. The van der Waals surface area contributed by atoms with Gasteiger partial charge in [-0.15, -0.1) is 0 Å². The number of hydrogen-bond donors (Lipinski definition) is 0. The first kappa shape index (κ1) is 33.3. The highest BCUT2D eigenvalue weighted by molar-refractivity contribution is 6.21. The van der Waals surface area contributed by atoms with Crippen molar-refractivity contribution in [2.24, 2.45) is 0 Å². The zero-order chi connectivity index (χ0) is 39.4. The molecule has 3 aliphatic carbocycles. The van der Waals surface area contributed by atoms with Gasteiger partial charge >= 0.3 is 0 Å². The smallest absolute Gasteiger partial charge is 0.0726 e. The van der Waals surface area contributed by atoms with E-state index in [1.807, 2.05) is 0 Å². The van der Waals surface area contributed by atoms with Crippen LogP contribution in [0.1, 0.15) is 22.3 Å². The number of hydrogen-bond acceptors (Lipinski definition) is 1. The summed E-state index contributed by atoms with van der Waals surface area (Å²) in [5, 5.41) is 2.71. The van der Waals surface area contributed by atoms with Crippen molar-refractivity contribution in [2.45, 2.75) is 5.41 Å². The molecule has 0 bridgehead atoms. The number of anilines is 3. The van der Waals surface area contributed by atoms with Crippen LogP contribution in [0.5, 0.6) is 0 Å². The third-order valence-electron chi connectivity index (χ3n) is 13.4. The van der Waals surface area contributed by atoms with Crippen molar-refractivity contribution >= 4 is 27.8 Å². The first-order chi connectivity index (χ1) is 29.8. The lowest BCUT2D eigenvalue weighted by molar-refractivity contribution is 0.795. The van der Waals surface area contributed by atoms with E-state index in [1.54, 1.807) is 0 Å². The lowest BCUT2D eigenvalue weighted by Gasteiger charge is -2.32. The summed E-state index contributed by atoms with van der Waals surface area (Å²) in [6.45, 7) is 0. The molecule has 60 heavy (non-hydrogen) atoms. The predicted molar refractivity (Wildman–Crippen MR) is 250 cm³/mol. The molecule has 0 amide bonds. The normalized spacial score (nSPS) is 14.7. The Morgan fingerprint density at radius 1 is 0.283 bits per heavy atom. The lowest BCUT2D eigenvalue weighted by atomic mass is 9.70. The summed E-state index contributed by atoms with van der Waals surface area (Å²) in [5.41, 5.74) is 23.7. The summed E-state index contributed by atoms with van der Waals surface area (Å²) < 4.78 is 0. The van der Waals surface area contributed by atoms with Gasteiger partial charge in [-0.3, -0.25) is 0 Å². The molecule has 0 heterocycles. The summed E-state index contributed by atoms with van der Waals surface area (Å²) in [4.78, 5) is 2.45.